The molecule has 1 aliphatic heterocycles. The topological polar surface area (TPSA) is 75.4 Å². The zero-order valence-corrected chi connectivity index (χ0v) is 14.4. The SMILES string of the molecule is CC(C)CC(=O)N1CCC(NC(=O)[C@@H](N)C(C)C)CC1.Cl. The number of rotatable bonds is 5. The van der Waals surface area contributed by atoms with Gasteiger partial charge in [-0.1, -0.05) is 27.7 Å². The zero-order chi connectivity index (χ0) is 15.3. The number of halogens is 1. The van der Waals surface area contributed by atoms with Crippen molar-refractivity contribution in [1.82, 2.24) is 10.2 Å². The zero-order valence-electron chi connectivity index (χ0n) is 13.6. The molecular formula is C15H30ClN3O2. The van der Waals surface area contributed by atoms with E-state index in [2.05, 4.69) is 19.2 Å². The molecule has 3 N–H and O–H groups in total. The second kappa shape index (κ2) is 9.26. The van der Waals surface area contributed by atoms with Crippen LogP contribution in [0.4, 0.5) is 0 Å². The summed E-state index contributed by atoms with van der Waals surface area (Å²) in [5.41, 5.74) is 5.83. The summed E-state index contributed by atoms with van der Waals surface area (Å²) < 4.78 is 0. The maximum absolute atomic E-state index is 12.0. The van der Waals surface area contributed by atoms with Gasteiger partial charge in [-0.2, -0.15) is 0 Å². The van der Waals surface area contributed by atoms with Crippen LogP contribution in [0.5, 0.6) is 0 Å². The first-order valence-electron chi connectivity index (χ1n) is 7.65. The number of carbonyl (C=O) groups is 2. The Hall–Kier alpha value is -0.810. The first-order chi connectivity index (χ1) is 9.31. The fourth-order valence-electron chi connectivity index (χ4n) is 2.35. The fourth-order valence-corrected chi connectivity index (χ4v) is 2.35. The second-order valence-electron chi connectivity index (χ2n) is 6.53. The van der Waals surface area contributed by atoms with E-state index in [4.69, 9.17) is 5.73 Å². The Morgan fingerprint density at radius 1 is 1.19 bits per heavy atom. The van der Waals surface area contributed by atoms with Gasteiger partial charge >= 0.3 is 0 Å². The number of hydrogen-bond acceptors (Lipinski definition) is 3. The molecule has 1 aliphatic rings. The lowest BCUT2D eigenvalue weighted by atomic mass is 10.0. The first kappa shape index (κ1) is 20.2. The van der Waals surface area contributed by atoms with Crippen LogP contribution in [0.2, 0.25) is 0 Å². The van der Waals surface area contributed by atoms with Gasteiger partial charge < -0.3 is 16.0 Å². The van der Waals surface area contributed by atoms with Gasteiger partial charge in [0.05, 0.1) is 6.04 Å². The number of likely N-dealkylation sites (tertiary alicyclic amines) is 1. The molecule has 0 aromatic heterocycles. The van der Waals surface area contributed by atoms with Crippen molar-refractivity contribution >= 4 is 24.2 Å². The minimum atomic E-state index is -0.449. The molecule has 5 nitrogen and oxygen atoms in total. The molecular weight excluding hydrogens is 290 g/mol. The molecule has 2 amide bonds. The van der Waals surface area contributed by atoms with Gasteiger partial charge in [-0.3, -0.25) is 9.59 Å². The third kappa shape index (κ3) is 6.66. The molecule has 21 heavy (non-hydrogen) atoms. The van der Waals surface area contributed by atoms with Crippen molar-refractivity contribution in [2.24, 2.45) is 17.6 Å². The van der Waals surface area contributed by atoms with E-state index in [9.17, 15) is 9.59 Å². The standard InChI is InChI=1S/C15H29N3O2.ClH/c1-10(2)9-13(19)18-7-5-12(6-8-18)17-15(20)14(16)11(3)4;/h10-12,14H,5-9,16H2,1-4H3,(H,17,20);1H/t14-;/m0./s1. The normalized spacial score (nSPS) is 17.6. The van der Waals surface area contributed by atoms with E-state index >= 15 is 0 Å². The summed E-state index contributed by atoms with van der Waals surface area (Å²) in [5.74, 6) is 0.683. The molecule has 0 saturated carbocycles. The van der Waals surface area contributed by atoms with Gasteiger partial charge in [0.2, 0.25) is 11.8 Å². The van der Waals surface area contributed by atoms with Crippen LogP contribution in [0.3, 0.4) is 0 Å². The van der Waals surface area contributed by atoms with E-state index < -0.39 is 6.04 Å². The number of piperidine rings is 1. The van der Waals surface area contributed by atoms with Crippen LogP contribution in [0.1, 0.15) is 47.0 Å². The van der Waals surface area contributed by atoms with Crippen LogP contribution >= 0.6 is 12.4 Å². The minimum absolute atomic E-state index is 0. The van der Waals surface area contributed by atoms with E-state index in [1.54, 1.807) is 0 Å². The second-order valence-corrected chi connectivity index (χ2v) is 6.53. The summed E-state index contributed by atoms with van der Waals surface area (Å²) in [5, 5.41) is 3.00. The predicted molar refractivity (Wildman–Crippen MR) is 87.3 cm³/mol. The highest BCUT2D eigenvalue weighted by Gasteiger charge is 2.26. The van der Waals surface area contributed by atoms with Crippen molar-refractivity contribution in [3.05, 3.63) is 0 Å². The van der Waals surface area contributed by atoms with E-state index in [1.165, 1.54) is 0 Å². The van der Waals surface area contributed by atoms with Crippen LogP contribution in [0.25, 0.3) is 0 Å². The molecule has 0 spiro atoms. The Bertz CT molecular complexity index is 340. The minimum Gasteiger partial charge on any atom is -0.352 e. The van der Waals surface area contributed by atoms with E-state index in [-0.39, 0.29) is 36.2 Å². The average molecular weight is 320 g/mol. The largest absolute Gasteiger partial charge is 0.352 e. The van der Waals surface area contributed by atoms with Gasteiger partial charge in [0.25, 0.3) is 0 Å². The van der Waals surface area contributed by atoms with Crippen molar-refractivity contribution in [2.45, 2.75) is 59.0 Å². The van der Waals surface area contributed by atoms with Gasteiger partial charge in [0.15, 0.2) is 0 Å². The summed E-state index contributed by atoms with van der Waals surface area (Å²) in [7, 11) is 0. The molecule has 1 heterocycles. The first-order valence-corrected chi connectivity index (χ1v) is 7.65. The highest BCUT2D eigenvalue weighted by atomic mass is 35.5. The molecule has 0 aromatic carbocycles. The highest BCUT2D eigenvalue weighted by Crippen LogP contribution is 2.14. The number of hydrogen-bond donors (Lipinski definition) is 2. The van der Waals surface area contributed by atoms with Crippen molar-refractivity contribution in [2.75, 3.05) is 13.1 Å². The molecule has 0 aromatic rings. The number of nitrogens with zero attached hydrogens (tertiary/aromatic N) is 1. The van der Waals surface area contributed by atoms with E-state index in [1.807, 2.05) is 18.7 Å². The van der Waals surface area contributed by atoms with E-state index in [0.717, 1.165) is 25.9 Å². The molecule has 0 aliphatic carbocycles. The summed E-state index contributed by atoms with van der Waals surface area (Å²) >= 11 is 0. The highest BCUT2D eigenvalue weighted by molar-refractivity contribution is 5.85. The van der Waals surface area contributed by atoms with E-state index in [0.29, 0.717) is 12.3 Å². The molecule has 1 saturated heterocycles. The van der Waals surface area contributed by atoms with Gasteiger partial charge in [0, 0.05) is 25.6 Å². The molecule has 0 bridgehead atoms. The smallest absolute Gasteiger partial charge is 0.237 e. The predicted octanol–water partition coefficient (Wildman–Crippen LogP) is 1.54. The lowest BCUT2D eigenvalue weighted by molar-refractivity contribution is -0.133. The van der Waals surface area contributed by atoms with Crippen molar-refractivity contribution < 1.29 is 9.59 Å². The number of amides is 2. The Kier molecular flexibility index (Phi) is 8.90. The van der Waals surface area contributed by atoms with Crippen molar-refractivity contribution in [3.63, 3.8) is 0 Å². The van der Waals surface area contributed by atoms with Gasteiger partial charge in [-0.25, -0.2) is 0 Å². The van der Waals surface area contributed by atoms with Gasteiger partial charge in [-0.05, 0) is 24.7 Å². The number of carbonyl (C=O) groups excluding carboxylic acids is 2. The van der Waals surface area contributed by atoms with Crippen molar-refractivity contribution in [1.29, 1.82) is 0 Å². The maximum atomic E-state index is 12.0. The third-order valence-corrected chi connectivity index (χ3v) is 3.80. The van der Waals surface area contributed by atoms with Crippen LogP contribution in [0, 0.1) is 11.8 Å². The Labute approximate surface area is 134 Å². The Morgan fingerprint density at radius 3 is 2.14 bits per heavy atom. The lowest BCUT2D eigenvalue weighted by Gasteiger charge is -2.33. The Morgan fingerprint density at radius 2 is 1.71 bits per heavy atom. The monoisotopic (exact) mass is 319 g/mol. The van der Waals surface area contributed by atoms with Crippen LogP contribution in [-0.2, 0) is 9.59 Å². The summed E-state index contributed by atoms with van der Waals surface area (Å²) in [6.45, 7) is 9.45. The average Bonchev–Trinajstić information content (AvgIpc) is 2.37. The maximum Gasteiger partial charge on any atom is 0.237 e. The summed E-state index contributed by atoms with van der Waals surface area (Å²) in [6, 6.07) is -0.300. The molecule has 1 rings (SSSR count). The molecule has 1 atom stereocenters. The van der Waals surface area contributed by atoms with Crippen molar-refractivity contribution in [3.8, 4) is 0 Å². The third-order valence-electron chi connectivity index (χ3n) is 3.80. The number of nitrogens with one attached hydrogen (secondary N) is 1. The molecule has 0 unspecified atom stereocenters. The molecule has 6 heteroatoms. The molecule has 0 radical (unpaired) electrons. The van der Waals surface area contributed by atoms with Crippen LogP contribution in [-0.4, -0.2) is 41.9 Å². The summed E-state index contributed by atoms with van der Waals surface area (Å²) in [4.78, 5) is 25.8. The van der Waals surface area contributed by atoms with Crippen LogP contribution < -0.4 is 11.1 Å². The van der Waals surface area contributed by atoms with Crippen LogP contribution in [0.15, 0.2) is 0 Å². The van der Waals surface area contributed by atoms with Gasteiger partial charge in [-0.15, -0.1) is 12.4 Å². The lowest BCUT2D eigenvalue weighted by Crippen LogP contribution is -2.51. The Balaban J connectivity index is 0.00000400. The quantitative estimate of drug-likeness (QED) is 0.807. The summed E-state index contributed by atoms with van der Waals surface area (Å²) in [6.07, 6.45) is 2.25. The fraction of sp³-hybridized carbons (Fsp3) is 0.867. The molecule has 1 fully saturated rings. The number of nitrogens with two attached hydrogens (primary N) is 1. The van der Waals surface area contributed by atoms with Gasteiger partial charge in [0.1, 0.15) is 0 Å². The molecule has 124 valence electrons.